The number of rotatable bonds is 4. The molecule has 0 saturated heterocycles. The highest BCUT2D eigenvalue weighted by Crippen LogP contribution is 2.16. The quantitative estimate of drug-likeness (QED) is 0.637. The van der Waals surface area contributed by atoms with Crippen molar-refractivity contribution >= 4 is 16.7 Å². The van der Waals surface area contributed by atoms with E-state index in [9.17, 15) is 0 Å². The van der Waals surface area contributed by atoms with E-state index in [4.69, 9.17) is 5.73 Å². The van der Waals surface area contributed by atoms with Crippen LogP contribution in [0.15, 0.2) is 41.5 Å². The Labute approximate surface area is 107 Å². The molecule has 3 N–H and O–H groups in total. The van der Waals surface area contributed by atoms with Crippen LogP contribution in [0.25, 0.3) is 10.8 Å². The number of aromatic nitrogens is 1. The van der Waals surface area contributed by atoms with Crippen molar-refractivity contribution in [1.29, 1.82) is 0 Å². The molecule has 1 aromatic heterocycles. The zero-order valence-electron chi connectivity index (χ0n) is 10.6. The van der Waals surface area contributed by atoms with Crippen molar-refractivity contribution in [3.05, 3.63) is 42.2 Å². The van der Waals surface area contributed by atoms with E-state index in [0.717, 1.165) is 24.0 Å². The summed E-state index contributed by atoms with van der Waals surface area (Å²) in [4.78, 5) is 8.67. The minimum Gasteiger partial charge on any atom is -0.370 e. The van der Waals surface area contributed by atoms with Crippen molar-refractivity contribution in [2.24, 2.45) is 10.7 Å². The SMILES string of the molecule is CCCNC(N)=NCc1nccc2ccccc12. The molecule has 2 aromatic rings. The number of hydrogen-bond acceptors (Lipinski definition) is 2. The predicted octanol–water partition coefficient (Wildman–Crippen LogP) is 2.05. The maximum absolute atomic E-state index is 5.76. The number of benzene rings is 1. The van der Waals surface area contributed by atoms with Crippen molar-refractivity contribution in [3.63, 3.8) is 0 Å². The summed E-state index contributed by atoms with van der Waals surface area (Å²) in [5, 5.41) is 5.36. The Morgan fingerprint density at radius 2 is 2.17 bits per heavy atom. The van der Waals surface area contributed by atoms with Gasteiger partial charge in [0.15, 0.2) is 5.96 Å². The molecule has 0 bridgehead atoms. The van der Waals surface area contributed by atoms with Crippen molar-refractivity contribution in [1.82, 2.24) is 10.3 Å². The summed E-state index contributed by atoms with van der Waals surface area (Å²) in [5.74, 6) is 0.478. The molecular weight excluding hydrogens is 224 g/mol. The number of nitrogens with one attached hydrogen (secondary N) is 1. The van der Waals surface area contributed by atoms with Crippen LogP contribution in [-0.4, -0.2) is 17.5 Å². The van der Waals surface area contributed by atoms with Crippen molar-refractivity contribution < 1.29 is 0 Å². The lowest BCUT2D eigenvalue weighted by Crippen LogP contribution is -2.32. The largest absolute Gasteiger partial charge is 0.370 e. The lowest BCUT2D eigenvalue weighted by molar-refractivity contribution is 0.824. The average Bonchev–Trinajstić information content (AvgIpc) is 2.42. The first kappa shape index (κ1) is 12.4. The second-order valence-electron chi connectivity index (χ2n) is 4.11. The molecule has 0 unspecified atom stereocenters. The lowest BCUT2D eigenvalue weighted by Gasteiger charge is -2.05. The van der Waals surface area contributed by atoms with Gasteiger partial charge in [-0.15, -0.1) is 0 Å². The number of nitrogens with zero attached hydrogens (tertiary/aromatic N) is 2. The minimum atomic E-state index is 0.478. The first-order valence-corrected chi connectivity index (χ1v) is 6.17. The van der Waals surface area contributed by atoms with Gasteiger partial charge >= 0.3 is 0 Å². The third kappa shape index (κ3) is 2.97. The van der Waals surface area contributed by atoms with Gasteiger partial charge in [-0.05, 0) is 17.9 Å². The number of guanidine groups is 1. The van der Waals surface area contributed by atoms with Crippen LogP contribution in [0.4, 0.5) is 0 Å². The van der Waals surface area contributed by atoms with Gasteiger partial charge in [0, 0.05) is 18.1 Å². The van der Waals surface area contributed by atoms with E-state index in [1.807, 2.05) is 24.4 Å². The summed E-state index contributed by atoms with van der Waals surface area (Å²) < 4.78 is 0. The summed E-state index contributed by atoms with van der Waals surface area (Å²) in [5.41, 5.74) is 6.72. The van der Waals surface area contributed by atoms with Crippen LogP contribution in [-0.2, 0) is 6.54 Å². The molecule has 0 spiro atoms. The Bertz CT molecular complexity index is 543. The molecule has 0 aliphatic carbocycles. The maximum atomic E-state index is 5.76. The molecule has 2 rings (SSSR count). The molecular formula is C14H18N4. The van der Waals surface area contributed by atoms with Crippen LogP contribution in [0.1, 0.15) is 19.0 Å². The molecule has 0 aliphatic heterocycles. The first-order chi connectivity index (χ1) is 8.81. The standard InChI is InChI=1S/C14H18N4/c1-2-8-17-14(15)18-10-13-12-6-4-3-5-11(12)7-9-16-13/h3-7,9H,2,8,10H2,1H3,(H3,15,17,18). The van der Waals surface area contributed by atoms with Gasteiger partial charge in [-0.3, -0.25) is 4.98 Å². The summed E-state index contributed by atoms with van der Waals surface area (Å²) in [6.45, 7) is 3.44. The molecule has 94 valence electrons. The average molecular weight is 242 g/mol. The second-order valence-corrected chi connectivity index (χ2v) is 4.11. The molecule has 0 amide bonds. The highest BCUT2D eigenvalue weighted by molar-refractivity contribution is 5.84. The van der Waals surface area contributed by atoms with Crippen LogP contribution < -0.4 is 11.1 Å². The van der Waals surface area contributed by atoms with E-state index >= 15 is 0 Å². The van der Waals surface area contributed by atoms with Gasteiger partial charge in [-0.2, -0.15) is 0 Å². The van der Waals surface area contributed by atoms with Crippen LogP contribution in [0.2, 0.25) is 0 Å². The predicted molar refractivity (Wildman–Crippen MR) is 75.4 cm³/mol. The van der Waals surface area contributed by atoms with Gasteiger partial charge in [0.2, 0.25) is 0 Å². The number of aliphatic imine (C=N–C) groups is 1. The first-order valence-electron chi connectivity index (χ1n) is 6.17. The number of pyridine rings is 1. The highest BCUT2D eigenvalue weighted by Gasteiger charge is 2.00. The van der Waals surface area contributed by atoms with E-state index < -0.39 is 0 Å². The number of hydrogen-bond donors (Lipinski definition) is 2. The zero-order valence-corrected chi connectivity index (χ0v) is 10.6. The van der Waals surface area contributed by atoms with Gasteiger partial charge < -0.3 is 11.1 Å². The Kier molecular flexibility index (Phi) is 4.12. The molecule has 0 radical (unpaired) electrons. The lowest BCUT2D eigenvalue weighted by atomic mass is 10.1. The molecule has 0 aliphatic rings. The Balaban J connectivity index is 2.17. The molecule has 1 heterocycles. The molecule has 4 heteroatoms. The molecule has 0 fully saturated rings. The molecule has 4 nitrogen and oxygen atoms in total. The van der Waals surface area contributed by atoms with Crippen molar-refractivity contribution in [2.75, 3.05) is 6.54 Å². The second kappa shape index (κ2) is 6.00. The summed E-state index contributed by atoms with van der Waals surface area (Å²) >= 11 is 0. The van der Waals surface area contributed by atoms with Crippen LogP contribution in [0, 0.1) is 0 Å². The fraction of sp³-hybridized carbons (Fsp3) is 0.286. The van der Waals surface area contributed by atoms with E-state index in [0.29, 0.717) is 12.5 Å². The number of nitrogens with two attached hydrogens (primary N) is 1. The Morgan fingerprint density at radius 3 is 3.00 bits per heavy atom. The Morgan fingerprint density at radius 1 is 1.33 bits per heavy atom. The molecule has 0 atom stereocenters. The normalized spacial score (nSPS) is 11.7. The molecule has 18 heavy (non-hydrogen) atoms. The van der Waals surface area contributed by atoms with E-state index in [1.165, 1.54) is 5.39 Å². The van der Waals surface area contributed by atoms with Gasteiger partial charge in [0.1, 0.15) is 0 Å². The van der Waals surface area contributed by atoms with Crippen molar-refractivity contribution in [3.8, 4) is 0 Å². The Hall–Kier alpha value is -2.10. The smallest absolute Gasteiger partial charge is 0.188 e. The minimum absolute atomic E-state index is 0.478. The van der Waals surface area contributed by atoms with Crippen LogP contribution in [0.5, 0.6) is 0 Å². The highest BCUT2D eigenvalue weighted by atomic mass is 15.1. The molecule has 0 saturated carbocycles. The van der Waals surface area contributed by atoms with Gasteiger partial charge in [0.05, 0.1) is 12.2 Å². The third-order valence-corrected chi connectivity index (χ3v) is 2.71. The van der Waals surface area contributed by atoms with Gasteiger partial charge in [-0.25, -0.2) is 4.99 Å². The van der Waals surface area contributed by atoms with Crippen LogP contribution >= 0.6 is 0 Å². The fourth-order valence-electron chi connectivity index (χ4n) is 1.78. The summed E-state index contributed by atoms with van der Waals surface area (Å²) in [7, 11) is 0. The maximum Gasteiger partial charge on any atom is 0.188 e. The van der Waals surface area contributed by atoms with E-state index in [-0.39, 0.29) is 0 Å². The van der Waals surface area contributed by atoms with Crippen molar-refractivity contribution in [2.45, 2.75) is 19.9 Å². The topological polar surface area (TPSA) is 63.3 Å². The zero-order chi connectivity index (χ0) is 12.8. The third-order valence-electron chi connectivity index (χ3n) is 2.71. The van der Waals surface area contributed by atoms with Crippen LogP contribution in [0.3, 0.4) is 0 Å². The van der Waals surface area contributed by atoms with Gasteiger partial charge in [0.25, 0.3) is 0 Å². The number of fused-ring (bicyclic) bond motifs is 1. The summed E-state index contributed by atoms with van der Waals surface area (Å²) in [6, 6.07) is 10.2. The van der Waals surface area contributed by atoms with E-state index in [1.54, 1.807) is 0 Å². The van der Waals surface area contributed by atoms with E-state index in [2.05, 4.69) is 34.3 Å². The monoisotopic (exact) mass is 242 g/mol. The fourth-order valence-corrected chi connectivity index (χ4v) is 1.78. The summed E-state index contributed by atoms with van der Waals surface area (Å²) in [6.07, 6.45) is 2.84. The molecule has 1 aromatic carbocycles. The van der Waals surface area contributed by atoms with Gasteiger partial charge in [-0.1, -0.05) is 31.2 Å².